The highest BCUT2D eigenvalue weighted by Crippen LogP contribution is 2.20. The molecule has 0 aromatic heterocycles. The van der Waals surface area contributed by atoms with Crippen molar-refractivity contribution >= 4 is 17.5 Å². The number of rotatable bonds is 6. The number of carbonyl (C=O) groups is 1. The van der Waals surface area contributed by atoms with Crippen molar-refractivity contribution in [3.8, 4) is 5.75 Å². The average Bonchev–Trinajstić information content (AvgIpc) is 2.47. The van der Waals surface area contributed by atoms with Crippen molar-refractivity contribution in [2.45, 2.75) is 13.2 Å². The summed E-state index contributed by atoms with van der Waals surface area (Å²) in [5, 5.41) is 3.56. The lowest BCUT2D eigenvalue weighted by molar-refractivity contribution is 0.1000. The van der Waals surface area contributed by atoms with Crippen molar-refractivity contribution in [3.63, 3.8) is 0 Å². The highest BCUT2D eigenvalue weighted by Gasteiger charge is 2.06. The number of primary amides is 1. The molecule has 0 saturated heterocycles. The summed E-state index contributed by atoms with van der Waals surface area (Å²) in [4.78, 5) is 11.1. The van der Waals surface area contributed by atoms with Gasteiger partial charge in [-0.3, -0.25) is 4.79 Å². The molecule has 2 rings (SSSR count). The first kappa shape index (κ1) is 15.4. The zero-order valence-corrected chi connectivity index (χ0v) is 12.5. The second-order valence-corrected chi connectivity index (χ2v) is 5.04. The van der Waals surface area contributed by atoms with E-state index in [0.717, 1.165) is 17.9 Å². The zero-order valence-electron chi connectivity index (χ0n) is 11.7. The van der Waals surface area contributed by atoms with Gasteiger partial charge < -0.3 is 15.8 Å². The molecule has 0 heterocycles. The average molecular weight is 305 g/mol. The normalized spacial score (nSPS) is 10.4. The Balaban J connectivity index is 2.01. The monoisotopic (exact) mass is 304 g/mol. The molecule has 0 atom stereocenters. The van der Waals surface area contributed by atoms with Gasteiger partial charge in [-0.25, -0.2) is 0 Å². The molecule has 0 aliphatic heterocycles. The summed E-state index contributed by atoms with van der Waals surface area (Å²) >= 11 is 6.11. The summed E-state index contributed by atoms with van der Waals surface area (Å²) in [6, 6.07) is 12.8. The van der Waals surface area contributed by atoms with E-state index in [-0.39, 0.29) is 0 Å². The lowest BCUT2D eigenvalue weighted by atomic mass is 10.1. The largest absolute Gasteiger partial charge is 0.489 e. The summed E-state index contributed by atoms with van der Waals surface area (Å²) in [6.45, 7) is 1.16. The van der Waals surface area contributed by atoms with E-state index in [2.05, 4.69) is 5.32 Å². The molecule has 0 saturated carbocycles. The predicted molar refractivity (Wildman–Crippen MR) is 83.5 cm³/mol. The van der Waals surface area contributed by atoms with Crippen molar-refractivity contribution in [1.82, 2.24) is 5.32 Å². The molecule has 0 spiro atoms. The van der Waals surface area contributed by atoms with Crippen LogP contribution in [0.2, 0.25) is 5.02 Å². The van der Waals surface area contributed by atoms with Crippen LogP contribution in [0.15, 0.2) is 42.5 Å². The van der Waals surface area contributed by atoms with Crippen molar-refractivity contribution in [3.05, 3.63) is 64.2 Å². The summed E-state index contributed by atoms with van der Waals surface area (Å²) in [7, 11) is 1.90. The standard InChI is InChI=1S/C16H17ClN2O2/c1-19-9-11-2-6-14(7-3-11)21-10-13-5-4-12(16(18)20)8-15(13)17/h2-8,19H,9-10H2,1H3,(H2,18,20). The maximum absolute atomic E-state index is 11.1. The Kier molecular flexibility index (Phi) is 5.20. The fraction of sp³-hybridized carbons (Fsp3) is 0.188. The van der Waals surface area contributed by atoms with Gasteiger partial charge in [-0.1, -0.05) is 29.8 Å². The third kappa shape index (κ3) is 4.21. The third-order valence-corrected chi connectivity index (χ3v) is 3.39. The fourth-order valence-electron chi connectivity index (χ4n) is 1.89. The molecule has 0 aliphatic rings. The van der Waals surface area contributed by atoms with Crippen LogP contribution in [-0.2, 0) is 13.2 Å². The Labute approximate surface area is 128 Å². The molecular formula is C16H17ClN2O2. The summed E-state index contributed by atoms with van der Waals surface area (Å²) < 4.78 is 5.69. The number of halogens is 1. The number of amides is 1. The van der Waals surface area contributed by atoms with Crippen molar-refractivity contribution in [2.75, 3.05) is 7.05 Å². The molecule has 21 heavy (non-hydrogen) atoms. The number of nitrogens with one attached hydrogen (secondary N) is 1. The van der Waals surface area contributed by atoms with E-state index < -0.39 is 5.91 Å². The Morgan fingerprint density at radius 3 is 2.52 bits per heavy atom. The van der Waals surface area contributed by atoms with Crippen LogP contribution in [0, 0.1) is 0 Å². The Hall–Kier alpha value is -2.04. The van der Waals surface area contributed by atoms with Gasteiger partial charge in [-0.05, 0) is 36.9 Å². The van der Waals surface area contributed by atoms with Gasteiger partial charge in [-0.2, -0.15) is 0 Å². The molecule has 5 heteroatoms. The van der Waals surface area contributed by atoms with E-state index in [0.29, 0.717) is 17.2 Å². The van der Waals surface area contributed by atoms with Gasteiger partial charge >= 0.3 is 0 Å². The van der Waals surface area contributed by atoms with E-state index in [1.807, 2.05) is 31.3 Å². The van der Waals surface area contributed by atoms with Crippen LogP contribution in [0.4, 0.5) is 0 Å². The van der Waals surface area contributed by atoms with Crippen LogP contribution >= 0.6 is 11.6 Å². The highest BCUT2D eigenvalue weighted by molar-refractivity contribution is 6.31. The quantitative estimate of drug-likeness (QED) is 0.862. The van der Waals surface area contributed by atoms with Crippen LogP contribution in [0.1, 0.15) is 21.5 Å². The summed E-state index contributed by atoms with van der Waals surface area (Å²) in [6.07, 6.45) is 0. The summed E-state index contributed by atoms with van der Waals surface area (Å²) in [5.74, 6) is 0.273. The highest BCUT2D eigenvalue weighted by atomic mass is 35.5. The van der Waals surface area contributed by atoms with Crippen molar-refractivity contribution in [1.29, 1.82) is 0 Å². The van der Waals surface area contributed by atoms with Crippen LogP contribution in [0.5, 0.6) is 5.75 Å². The molecule has 4 nitrogen and oxygen atoms in total. The van der Waals surface area contributed by atoms with Crippen LogP contribution < -0.4 is 15.8 Å². The Morgan fingerprint density at radius 1 is 1.24 bits per heavy atom. The van der Waals surface area contributed by atoms with E-state index in [4.69, 9.17) is 22.1 Å². The van der Waals surface area contributed by atoms with Gasteiger partial charge in [0.25, 0.3) is 0 Å². The van der Waals surface area contributed by atoms with E-state index in [9.17, 15) is 4.79 Å². The smallest absolute Gasteiger partial charge is 0.248 e. The minimum atomic E-state index is -0.496. The first-order valence-electron chi connectivity index (χ1n) is 6.54. The minimum absolute atomic E-state index is 0.337. The fourth-order valence-corrected chi connectivity index (χ4v) is 2.12. The predicted octanol–water partition coefficient (Wildman–Crippen LogP) is 2.74. The topological polar surface area (TPSA) is 64.3 Å². The lowest BCUT2D eigenvalue weighted by Crippen LogP contribution is -2.11. The molecule has 2 aromatic carbocycles. The van der Waals surface area contributed by atoms with Gasteiger partial charge in [-0.15, -0.1) is 0 Å². The van der Waals surface area contributed by atoms with Crippen molar-refractivity contribution in [2.24, 2.45) is 5.73 Å². The van der Waals surface area contributed by atoms with E-state index >= 15 is 0 Å². The molecule has 0 bridgehead atoms. The SMILES string of the molecule is CNCc1ccc(OCc2ccc(C(N)=O)cc2Cl)cc1. The number of hydrogen-bond donors (Lipinski definition) is 2. The van der Waals surface area contributed by atoms with Gasteiger partial charge in [0.1, 0.15) is 12.4 Å². The van der Waals surface area contributed by atoms with Crippen LogP contribution in [0.25, 0.3) is 0 Å². The zero-order chi connectivity index (χ0) is 15.2. The van der Waals surface area contributed by atoms with Gasteiger partial charge in [0.15, 0.2) is 0 Å². The van der Waals surface area contributed by atoms with E-state index in [1.165, 1.54) is 5.56 Å². The van der Waals surface area contributed by atoms with Gasteiger partial charge in [0.05, 0.1) is 0 Å². The molecule has 0 fully saturated rings. The second-order valence-electron chi connectivity index (χ2n) is 4.63. The molecule has 3 N–H and O–H groups in total. The maximum Gasteiger partial charge on any atom is 0.248 e. The molecule has 0 unspecified atom stereocenters. The number of ether oxygens (including phenoxy) is 1. The van der Waals surface area contributed by atoms with Crippen molar-refractivity contribution < 1.29 is 9.53 Å². The number of nitrogens with two attached hydrogens (primary N) is 1. The van der Waals surface area contributed by atoms with Crippen LogP contribution in [0.3, 0.4) is 0 Å². The summed E-state index contributed by atoms with van der Waals surface area (Å²) in [5.41, 5.74) is 7.59. The third-order valence-electron chi connectivity index (χ3n) is 3.04. The molecule has 110 valence electrons. The Morgan fingerprint density at radius 2 is 1.95 bits per heavy atom. The number of benzene rings is 2. The van der Waals surface area contributed by atoms with E-state index in [1.54, 1.807) is 18.2 Å². The molecule has 0 radical (unpaired) electrons. The number of carbonyl (C=O) groups excluding carboxylic acids is 1. The minimum Gasteiger partial charge on any atom is -0.489 e. The molecular weight excluding hydrogens is 288 g/mol. The molecule has 0 aliphatic carbocycles. The second kappa shape index (κ2) is 7.11. The van der Waals surface area contributed by atoms with Gasteiger partial charge in [0, 0.05) is 22.7 Å². The van der Waals surface area contributed by atoms with Gasteiger partial charge in [0.2, 0.25) is 5.91 Å². The maximum atomic E-state index is 11.1. The van der Waals surface area contributed by atoms with Crippen LogP contribution in [-0.4, -0.2) is 13.0 Å². The molecule has 1 amide bonds. The first-order valence-corrected chi connectivity index (χ1v) is 6.92. The lowest BCUT2D eigenvalue weighted by Gasteiger charge is -2.09. The number of hydrogen-bond acceptors (Lipinski definition) is 3. The first-order chi connectivity index (χ1) is 10.1. The molecule has 2 aromatic rings. The Bertz CT molecular complexity index is 627.